The van der Waals surface area contributed by atoms with E-state index in [9.17, 15) is 4.79 Å². The number of pyridine rings is 1. The van der Waals surface area contributed by atoms with E-state index in [-0.39, 0.29) is 12.1 Å². The number of rotatable bonds is 5. The minimum absolute atomic E-state index is 0.0581. The number of amides is 2. The van der Waals surface area contributed by atoms with E-state index < -0.39 is 0 Å². The summed E-state index contributed by atoms with van der Waals surface area (Å²) in [4.78, 5) is 18.7. The molecule has 2 heterocycles. The van der Waals surface area contributed by atoms with E-state index in [1.54, 1.807) is 6.20 Å². The second-order valence-electron chi connectivity index (χ2n) is 6.00. The number of halogens is 1. The average Bonchev–Trinajstić information content (AvgIpc) is 3.10. The lowest BCUT2D eigenvalue weighted by atomic mass is 10.1. The Morgan fingerprint density at radius 2 is 2.28 bits per heavy atom. The predicted octanol–water partition coefficient (Wildman–Crippen LogP) is 4.18. The summed E-state index contributed by atoms with van der Waals surface area (Å²) < 4.78 is 5.39. The number of urea groups is 1. The molecule has 0 radical (unpaired) electrons. The molecule has 1 fully saturated rings. The van der Waals surface area contributed by atoms with Gasteiger partial charge in [0.1, 0.15) is 0 Å². The van der Waals surface area contributed by atoms with Gasteiger partial charge in [0.2, 0.25) is 5.88 Å². The fourth-order valence-electron chi connectivity index (χ4n) is 3.14. The molecule has 0 spiro atoms. The van der Waals surface area contributed by atoms with Crippen molar-refractivity contribution in [3.8, 4) is 5.88 Å². The summed E-state index contributed by atoms with van der Waals surface area (Å²) in [5, 5.41) is 3.69. The molecule has 1 aliphatic heterocycles. The first-order chi connectivity index (χ1) is 12.2. The summed E-state index contributed by atoms with van der Waals surface area (Å²) in [6, 6.07) is 11.5. The zero-order chi connectivity index (χ0) is 17.6. The number of carbonyl (C=O) groups excluding carboxylic acids is 1. The van der Waals surface area contributed by atoms with Crippen molar-refractivity contribution in [3.05, 3.63) is 58.7 Å². The molecule has 3 rings (SSSR count). The van der Waals surface area contributed by atoms with Gasteiger partial charge < -0.3 is 15.0 Å². The Labute approximate surface area is 153 Å². The Kier molecular flexibility index (Phi) is 5.76. The molecular weight excluding hydrogens is 338 g/mol. The molecule has 6 heteroatoms. The van der Waals surface area contributed by atoms with Crippen LogP contribution < -0.4 is 10.1 Å². The highest BCUT2D eigenvalue weighted by atomic mass is 35.5. The Balaban J connectivity index is 1.63. The second kappa shape index (κ2) is 8.21. The van der Waals surface area contributed by atoms with Gasteiger partial charge in [0.25, 0.3) is 0 Å². The van der Waals surface area contributed by atoms with Gasteiger partial charge in [-0.2, -0.15) is 0 Å². The van der Waals surface area contributed by atoms with Crippen molar-refractivity contribution < 1.29 is 9.53 Å². The molecule has 1 unspecified atom stereocenters. The lowest BCUT2D eigenvalue weighted by Crippen LogP contribution is -2.39. The first-order valence-corrected chi connectivity index (χ1v) is 8.93. The van der Waals surface area contributed by atoms with Crippen molar-refractivity contribution in [2.75, 3.05) is 13.2 Å². The predicted molar refractivity (Wildman–Crippen MR) is 97.8 cm³/mol. The Morgan fingerprint density at radius 1 is 1.40 bits per heavy atom. The largest absolute Gasteiger partial charge is 0.478 e. The van der Waals surface area contributed by atoms with E-state index in [4.69, 9.17) is 16.3 Å². The van der Waals surface area contributed by atoms with E-state index in [0.29, 0.717) is 24.1 Å². The third-order valence-electron chi connectivity index (χ3n) is 4.28. The third-order valence-corrected chi connectivity index (χ3v) is 4.52. The van der Waals surface area contributed by atoms with Crippen LogP contribution in [0.3, 0.4) is 0 Å². The van der Waals surface area contributed by atoms with Gasteiger partial charge in [0.05, 0.1) is 12.6 Å². The van der Waals surface area contributed by atoms with Crippen LogP contribution in [0.25, 0.3) is 0 Å². The van der Waals surface area contributed by atoms with E-state index in [1.165, 1.54) is 0 Å². The van der Waals surface area contributed by atoms with E-state index in [2.05, 4.69) is 10.3 Å². The summed E-state index contributed by atoms with van der Waals surface area (Å²) in [5.74, 6) is 0.576. The molecule has 1 aliphatic rings. The van der Waals surface area contributed by atoms with Crippen LogP contribution >= 0.6 is 11.6 Å². The van der Waals surface area contributed by atoms with Gasteiger partial charge in [-0.1, -0.05) is 23.7 Å². The zero-order valence-electron chi connectivity index (χ0n) is 14.2. The highest BCUT2D eigenvalue weighted by Gasteiger charge is 2.29. The van der Waals surface area contributed by atoms with Gasteiger partial charge in [-0.3, -0.25) is 0 Å². The van der Waals surface area contributed by atoms with Gasteiger partial charge in [0, 0.05) is 30.4 Å². The van der Waals surface area contributed by atoms with Crippen molar-refractivity contribution in [1.29, 1.82) is 0 Å². The zero-order valence-corrected chi connectivity index (χ0v) is 15.0. The van der Waals surface area contributed by atoms with Crippen LogP contribution in [-0.4, -0.2) is 29.1 Å². The lowest BCUT2D eigenvalue weighted by Gasteiger charge is -2.25. The minimum Gasteiger partial charge on any atom is -0.478 e. The molecule has 0 bridgehead atoms. The maximum absolute atomic E-state index is 12.6. The third kappa shape index (κ3) is 4.42. The molecule has 2 aromatic rings. The Hall–Kier alpha value is -2.27. The van der Waals surface area contributed by atoms with Crippen molar-refractivity contribution in [2.45, 2.75) is 32.4 Å². The number of nitrogens with one attached hydrogen (secondary N) is 1. The molecule has 25 heavy (non-hydrogen) atoms. The quantitative estimate of drug-likeness (QED) is 0.871. The van der Waals surface area contributed by atoms with E-state index in [0.717, 1.165) is 30.5 Å². The van der Waals surface area contributed by atoms with Crippen molar-refractivity contribution in [2.24, 2.45) is 0 Å². The molecule has 1 aromatic carbocycles. The summed E-state index contributed by atoms with van der Waals surface area (Å²) in [7, 11) is 0. The molecule has 132 valence electrons. The molecule has 2 amide bonds. The van der Waals surface area contributed by atoms with Gasteiger partial charge in [-0.05, 0) is 49.1 Å². The fourth-order valence-corrected chi connectivity index (χ4v) is 3.34. The Bertz CT molecular complexity index is 738. The molecule has 1 N–H and O–H groups in total. The van der Waals surface area contributed by atoms with Crippen molar-refractivity contribution in [1.82, 2.24) is 15.2 Å². The number of hydrogen-bond donors (Lipinski definition) is 1. The Morgan fingerprint density at radius 3 is 3.08 bits per heavy atom. The van der Waals surface area contributed by atoms with Crippen LogP contribution in [0, 0.1) is 0 Å². The van der Waals surface area contributed by atoms with Crippen LogP contribution in [0.5, 0.6) is 5.88 Å². The van der Waals surface area contributed by atoms with Crippen molar-refractivity contribution >= 4 is 17.6 Å². The summed E-state index contributed by atoms with van der Waals surface area (Å²) >= 11 is 6.10. The van der Waals surface area contributed by atoms with E-state index in [1.807, 2.05) is 48.2 Å². The first kappa shape index (κ1) is 17.5. The van der Waals surface area contributed by atoms with Crippen LogP contribution in [0.2, 0.25) is 5.02 Å². The molecule has 5 nitrogen and oxygen atoms in total. The van der Waals surface area contributed by atoms with Gasteiger partial charge >= 0.3 is 6.03 Å². The maximum Gasteiger partial charge on any atom is 0.318 e. The maximum atomic E-state index is 12.6. The molecule has 1 saturated heterocycles. The highest BCUT2D eigenvalue weighted by Crippen LogP contribution is 2.32. The van der Waals surface area contributed by atoms with Gasteiger partial charge in [0.15, 0.2) is 0 Å². The van der Waals surface area contributed by atoms with Gasteiger partial charge in [-0.15, -0.1) is 0 Å². The number of ether oxygens (including phenoxy) is 1. The number of carbonyl (C=O) groups is 1. The SMILES string of the molecule is CCOc1cc(CNC(=O)N2CCCC2c2cccc(Cl)c2)ccn1. The first-order valence-electron chi connectivity index (χ1n) is 8.55. The molecular formula is C19H22ClN3O2. The topological polar surface area (TPSA) is 54.5 Å². The minimum atomic E-state index is -0.0581. The van der Waals surface area contributed by atoms with E-state index >= 15 is 0 Å². The standard InChI is InChI=1S/C19H22ClN3O2/c1-2-25-18-11-14(8-9-21-18)13-22-19(24)23-10-4-7-17(23)15-5-3-6-16(20)12-15/h3,5-6,8-9,11-12,17H,2,4,7,10,13H2,1H3,(H,22,24). The second-order valence-corrected chi connectivity index (χ2v) is 6.44. The number of benzene rings is 1. The monoisotopic (exact) mass is 359 g/mol. The van der Waals surface area contributed by atoms with Gasteiger partial charge in [-0.25, -0.2) is 9.78 Å². The van der Waals surface area contributed by atoms with Crippen molar-refractivity contribution in [3.63, 3.8) is 0 Å². The highest BCUT2D eigenvalue weighted by molar-refractivity contribution is 6.30. The molecule has 1 aromatic heterocycles. The van der Waals surface area contributed by atoms with Crippen LogP contribution in [-0.2, 0) is 6.54 Å². The number of aromatic nitrogens is 1. The smallest absolute Gasteiger partial charge is 0.318 e. The summed E-state index contributed by atoms with van der Waals surface area (Å²) in [6.07, 6.45) is 3.64. The van der Waals surface area contributed by atoms with Crippen LogP contribution in [0.4, 0.5) is 4.79 Å². The lowest BCUT2D eigenvalue weighted by molar-refractivity contribution is 0.192. The number of likely N-dealkylation sites (tertiary alicyclic amines) is 1. The van der Waals surface area contributed by atoms with Crippen LogP contribution in [0.1, 0.15) is 36.9 Å². The summed E-state index contributed by atoms with van der Waals surface area (Å²) in [6.45, 7) is 3.68. The summed E-state index contributed by atoms with van der Waals surface area (Å²) in [5.41, 5.74) is 2.05. The normalized spacial score (nSPS) is 16.7. The number of nitrogens with zero attached hydrogens (tertiary/aromatic N) is 2. The molecule has 0 aliphatic carbocycles. The van der Waals surface area contributed by atoms with Crippen LogP contribution in [0.15, 0.2) is 42.6 Å². The molecule has 1 atom stereocenters. The number of hydrogen-bond acceptors (Lipinski definition) is 3. The average molecular weight is 360 g/mol. The fraction of sp³-hybridized carbons (Fsp3) is 0.368. The molecule has 0 saturated carbocycles.